The lowest BCUT2D eigenvalue weighted by Crippen LogP contribution is -2.35. The molecular formula is C12H10FN3O2S. The van der Waals surface area contributed by atoms with Crippen molar-refractivity contribution in [3.8, 4) is 12.1 Å². The number of hydrogen-bond donors (Lipinski definition) is 1. The van der Waals surface area contributed by atoms with Crippen LogP contribution in [-0.4, -0.2) is 14.5 Å². The molecule has 0 spiro atoms. The average Bonchev–Trinajstić information content (AvgIpc) is 3.20. The van der Waals surface area contributed by atoms with Crippen LogP contribution in [0.2, 0.25) is 0 Å². The lowest BCUT2D eigenvalue weighted by atomic mass is 10.2. The zero-order valence-corrected chi connectivity index (χ0v) is 10.6. The van der Waals surface area contributed by atoms with Gasteiger partial charge in [-0.05, 0) is 30.9 Å². The van der Waals surface area contributed by atoms with Gasteiger partial charge in [-0.2, -0.15) is 15.2 Å². The first kappa shape index (κ1) is 13.5. The number of nitrogens with zero attached hydrogens (tertiary/aromatic N) is 2. The standard InChI is InChI=1S/C12H10FN3O2S/c13-10-2-1-3-12(9(10)6-14)19(17,18)16-11(7-15)8-4-5-8/h1-3,8,11,16H,4-5H2. The smallest absolute Gasteiger partial charge is 0.207 e. The van der Waals surface area contributed by atoms with Gasteiger partial charge < -0.3 is 0 Å². The minimum absolute atomic E-state index is 0.00105. The second-order valence-electron chi connectivity index (χ2n) is 4.29. The van der Waals surface area contributed by atoms with Crippen LogP contribution in [0.5, 0.6) is 0 Å². The number of benzene rings is 1. The van der Waals surface area contributed by atoms with Crippen LogP contribution in [0.3, 0.4) is 0 Å². The van der Waals surface area contributed by atoms with Gasteiger partial charge in [-0.25, -0.2) is 12.8 Å². The molecule has 0 heterocycles. The quantitative estimate of drug-likeness (QED) is 0.898. The fourth-order valence-corrected chi connectivity index (χ4v) is 3.10. The Balaban J connectivity index is 2.38. The van der Waals surface area contributed by atoms with Gasteiger partial charge in [0.1, 0.15) is 28.4 Å². The predicted octanol–water partition coefficient (Wildman–Crippen LogP) is 1.28. The zero-order chi connectivity index (χ0) is 14.0. The molecule has 0 aromatic heterocycles. The van der Waals surface area contributed by atoms with E-state index in [0.717, 1.165) is 25.0 Å². The highest BCUT2D eigenvalue weighted by atomic mass is 32.2. The number of sulfonamides is 1. The van der Waals surface area contributed by atoms with E-state index in [1.165, 1.54) is 12.1 Å². The molecule has 1 unspecified atom stereocenters. The maximum Gasteiger partial charge on any atom is 0.243 e. The van der Waals surface area contributed by atoms with Crippen molar-refractivity contribution in [2.75, 3.05) is 0 Å². The zero-order valence-electron chi connectivity index (χ0n) is 9.80. The van der Waals surface area contributed by atoms with Crippen LogP contribution in [0.25, 0.3) is 0 Å². The number of nitriles is 2. The number of hydrogen-bond acceptors (Lipinski definition) is 4. The molecule has 5 nitrogen and oxygen atoms in total. The van der Waals surface area contributed by atoms with E-state index in [4.69, 9.17) is 10.5 Å². The average molecular weight is 279 g/mol. The van der Waals surface area contributed by atoms with Crippen LogP contribution in [0.15, 0.2) is 23.1 Å². The molecule has 1 aromatic rings. The molecule has 1 saturated carbocycles. The fraction of sp³-hybridized carbons (Fsp3) is 0.333. The molecule has 1 N–H and O–H groups in total. The molecule has 0 amide bonds. The van der Waals surface area contributed by atoms with E-state index >= 15 is 0 Å². The molecule has 1 aliphatic carbocycles. The van der Waals surface area contributed by atoms with E-state index in [-0.39, 0.29) is 5.92 Å². The first-order valence-corrected chi connectivity index (χ1v) is 7.08. The molecule has 1 atom stereocenters. The van der Waals surface area contributed by atoms with Crippen molar-refractivity contribution < 1.29 is 12.8 Å². The van der Waals surface area contributed by atoms with Crippen LogP contribution in [0.1, 0.15) is 18.4 Å². The monoisotopic (exact) mass is 279 g/mol. The molecule has 7 heteroatoms. The summed E-state index contributed by atoms with van der Waals surface area (Å²) >= 11 is 0. The molecule has 98 valence electrons. The first-order valence-electron chi connectivity index (χ1n) is 5.60. The molecule has 1 fully saturated rings. The lowest BCUT2D eigenvalue weighted by molar-refractivity contribution is 0.557. The summed E-state index contributed by atoms with van der Waals surface area (Å²) in [6.07, 6.45) is 1.57. The highest BCUT2D eigenvalue weighted by Gasteiger charge is 2.35. The Bertz CT molecular complexity index is 684. The van der Waals surface area contributed by atoms with Crippen molar-refractivity contribution in [3.63, 3.8) is 0 Å². The van der Waals surface area contributed by atoms with Crippen molar-refractivity contribution in [3.05, 3.63) is 29.6 Å². The molecular weight excluding hydrogens is 269 g/mol. The third kappa shape index (κ3) is 2.73. The second kappa shape index (κ2) is 4.96. The Morgan fingerprint density at radius 3 is 2.58 bits per heavy atom. The van der Waals surface area contributed by atoms with Gasteiger partial charge in [0.15, 0.2) is 0 Å². The van der Waals surface area contributed by atoms with Gasteiger partial charge in [0.05, 0.1) is 6.07 Å². The van der Waals surface area contributed by atoms with Crippen molar-refractivity contribution in [2.45, 2.75) is 23.8 Å². The van der Waals surface area contributed by atoms with Crippen LogP contribution in [0, 0.1) is 34.4 Å². The number of rotatable bonds is 4. The Morgan fingerprint density at radius 2 is 2.05 bits per heavy atom. The minimum atomic E-state index is -4.08. The van der Waals surface area contributed by atoms with Crippen molar-refractivity contribution >= 4 is 10.0 Å². The maximum absolute atomic E-state index is 13.4. The van der Waals surface area contributed by atoms with Gasteiger partial charge >= 0.3 is 0 Å². The molecule has 1 aromatic carbocycles. The van der Waals surface area contributed by atoms with Crippen LogP contribution in [0.4, 0.5) is 4.39 Å². The third-order valence-corrected chi connectivity index (χ3v) is 4.37. The van der Waals surface area contributed by atoms with E-state index in [2.05, 4.69) is 4.72 Å². The summed E-state index contributed by atoms with van der Waals surface area (Å²) < 4.78 is 39.8. The van der Waals surface area contributed by atoms with Gasteiger partial charge in [0.25, 0.3) is 0 Å². The molecule has 1 aliphatic rings. The molecule has 2 rings (SSSR count). The van der Waals surface area contributed by atoms with Gasteiger partial charge in [-0.1, -0.05) is 6.07 Å². The van der Waals surface area contributed by atoms with E-state index in [1.807, 2.05) is 6.07 Å². The van der Waals surface area contributed by atoms with Gasteiger partial charge in [-0.15, -0.1) is 0 Å². The Labute approximate surface area is 110 Å². The van der Waals surface area contributed by atoms with Gasteiger partial charge in [-0.3, -0.25) is 0 Å². The highest BCUT2D eigenvalue weighted by molar-refractivity contribution is 7.89. The number of halogens is 1. The van der Waals surface area contributed by atoms with E-state index in [0.29, 0.717) is 0 Å². The van der Waals surface area contributed by atoms with Crippen LogP contribution < -0.4 is 4.72 Å². The van der Waals surface area contributed by atoms with Crippen molar-refractivity contribution in [2.24, 2.45) is 5.92 Å². The highest BCUT2D eigenvalue weighted by Crippen LogP contribution is 2.33. The predicted molar refractivity (Wildman–Crippen MR) is 63.6 cm³/mol. The Morgan fingerprint density at radius 1 is 1.37 bits per heavy atom. The Kier molecular flexibility index (Phi) is 3.52. The summed E-state index contributed by atoms with van der Waals surface area (Å²) in [6.45, 7) is 0. The lowest BCUT2D eigenvalue weighted by Gasteiger charge is -2.12. The van der Waals surface area contributed by atoms with Crippen molar-refractivity contribution in [1.82, 2.24) is 4.72 Å². The second-order valence-corrected chi connectivity index (χ2v) is 5.97. The molecule has 0 radical (unpaired) electrons. The number of nitrogens with one attached hydrogen (secondary N) is 1. The molecule has 0 bridgehead atoms. The largest absolute Gasteiger partial charge is 0.243 e. The summed E-state index contributed by atoms with van der Waals surface area (Å²) in [7, 11) is -4.08. The SMILES string of the molecule is N#Cc1c(F)cccc1S(=O)(=O)NC(C#N)C1CC1. The van der Waals surface area contributed by atoms with E-state index in [1.54, 1.807) is 0 Å². The molecule has 0 aliphatic heterocycles. The van der Waals surface area contributed by atoms with Gasteiger partial charge in [0.2, 0.25) is 10.0 Å². The molecule has 19 heavy (non-hydrogen) atoms. The summed E-state index contributed by atoms with van der Waals surface area (Å²) in [5, 5.41) is 17.7. The minimum Gasteiger partial charge on any atom is -0.207 e. The Hall–Kier alpha value is -1.96. The van der Waals surface area contributed by atoms with Gasteiger partial charge in [0, 0.05) is 0 Å². The summed E-state index contributed by atoms with van der Waals surface area (Å²) in [4.78, 5) is -0.434. The fourth-order valence-electron chi connectivity index (χ4n) is 1.72. The molecule has 0 saturated heterocycles. The van der Waals surface area contributed by atoms with Crippen LogP contribution in [-0.2, 0) is 10.0 Å². The van der Waals surface area contributed by atoms with E-state index < -0.39 is 32.3 Å². The van der Waals surface area contributed by atoms with Crippen LogP contribution >= 0.6 is 0 Å². The normalized spacial score (nSPS) is 16.4. The maximum atomic E-state index is 13.4. The summed E-state index contributed by atoms with van der Waals surface area (Å²) in [5.41, 5.74) is -0.539. The summed E-state index contributed by atoms with van der Waals surface area (Å²) in [5.74, 6) is -0.899. The van der Waals surface area contributed by atoms with E-state index in [9.17, 15) is 12.8 Å². The first-order chi connectivity index (χ1) is 8.99. The third-order valence-electron chi connectivity index (χ3n) is 2.89. The topological polar surface area (TPSA) is 93.8 Å². The van der Waals surface area contributed by atoms with Crippen molar-refractivity contribution in [1.29, 1.82) is 10.5 Å². The summed E-state index contributed by atoms with van der Waals surface area (Å²) in [6, 6.07) is 5.94.